The molecule has 0 saturated carbocycles. The van der Waals surface area contributed by atoms with Gasteiger partial charge in [-0.3, -0.25) is 4.90 Å². The molecule has 4 nitrogen and oxygen atoms in total. The molecular formula is C29H29NO3S. The molecular weight excluding hydrogens is 442 g/mol. The number of hydrogen-bond acceptors (Lipinski definition) is 5. The number of phenols is 2. The number of phenolic OH excluding ortho intramolecular Hbond substituents is 2. The van der Waals surface area contributed by atoms with Crippen molar-refractivity contribution in [2.75, 3.05) is 26.2 Å². The van der Waals surface area contributed by atoms with Crippen LogP contribution < -0.4 is 4.74 Å². The quantitative estimate of drug-likeness (QED) is 0.308. The summed E-state index contributed by atoms with van der Waals surface area (Å²) in [6.07, 6.45) is 3.93. The van der Waals surface area contributed by atoms with E-state index in [0.717, 1.165) is 49.5 Å². The number of thiophene rings is 1. The summed E-state index contributed by atoms with van der Waals surface area (Å²) >= 11 is 1.62. The molecule has 34 heavy (non-hydrogen) atoms. The highest BCUT2D eigenvalue weighted by molar-refractivity contribution is 7.22. The summed E-state index contributed by atoms with van der Waals surface area (Å²) in [7, 11) is 0. The Morgan fingerprint density at radius 2 is 1.59 bits per heavy atom. The fraction of sp³-hybridized carbons (Fsp3) is 0.241. The molecule has 1 fully saturated rings. The number of hydrogen-bond donors (Lipinski definition) is 2. The van der Waals surface area contributed by atoms with Crippen LogP contribution in [-0.4, -0.2) is 41.4 Å². The predicted octanol–water partition coefficient (Wildman–Crippen LogP) is 6.91. The molecule has 3 aromatic carbocycles. The van der Waals surface area contributed by atoms with Crippen LogP contribution in [0.3, 0.4) is 0 Å². The number of aromatic hydroxyl groups is 2. The van der Waals surface area contributed by atoms with Crippen molar-refractivity contribution in [2.45, 2.75) is 19.3 Å². The zero-order chi connectivity index (χ0) is 23.5. The average Bonchev–Trinajstić information content (AvgIpc) is 3.23. The van der Waals surface area contributed by atoms with E-state index in [2.05, 4.69) is 23.6 Å². The molecule has 0 radical (unpaired) electrons. The largest absolute Gasteiger partial charge is 0.508 e. The normalized spacial score (nSPS) is 14.4. The first-order valence-electron chi connectivity index (χ1n) is 11.8. The summed E-state index contributed by atoms with van der Waals surface area (Å²) < 4.78 is 7.00. The van der Waals surface area contributed by atoms with Gasteiger partial charge in [-0.05, 0) is 97.2 Å². The number of fused-ring (bicyclic) bond motifs is 1. The van der Waals surface area contributed by atoms with Crippen LogP contribution in [0.1, 0.15) is 30.4 Å². The first-order chi connectivity index (χ1) is 16.6. The maximum absolute atomic E-state index is 10.0. The van der Waals surface area contributed by atoms with Crippen LogP contribution >= 0.6 is 11.3 Å². The minimum atomic E-state index is 0.235. The van der Waals surface area contributed by atoms with E-state index in [1.807, 2.05) is 30.3 Å². The van der Waals surface area contributed by atoms with Gasteiger partial charge in [-0.2, -0.15) is 0 Å². The molecule has 1 aliphatic heterocycles. The number of nitrogens with zero attached hydrogens (tertiary/aromatic N) is 1. The highest BCUT2D eigenvalue weighted by Gasteiger charge is 2.18. The Morgan fingerprint density at radius 1 is 0.882 bits per heavy atom. The van der Waals surface area contributed by atoms with Crippen molar-refractivity contribution in [1.82, 2.24) is 4.90 Å². The second-order valence-corrected chi connectivity index (χ2v) is 9.84. The maximum atomic E-state index is 10.0. The molecule has 1 saturated heterocycles. The lowest BCUT2D eigenvalue weighted by Crippen LogP contribution is -2.33. The molecule has 0 atom stereocenters. The third-order valence-electron chi connectivity index (χ3n) is 6.43. The lowest BCUT2D eigenvalue weighted by Gasteiger charge is -2.26. The number of benzene rings is 3. The summed E-state index contributed by atoms with van der Waals surface area (Å²) in [5, 5.41) is 20.8. The molecule has 0 aliphatic carbocycles. The monoisotopic (exact) mass is 471 g/mol. The lowest BCUT2D eigenvalue weighted by atomic mass is 9.94. The number of likely N-dealkylation sites (tertiary alicyclic amines) is 1. The van der Waals surface area contributed by atoms with Crippen LogP contribution in [0.5, 0.6) is 17.2 Å². The minimum absolute atomic E-state index is 0.235. The van der Waals surface area contributed by atoms with Crippen LogP contribution in [0.2, 0.25) is 0 Å². The van der Waals surface area contributed by atoms with Gasteiger partial charge in [0.25, 0.3) is 0 Å². The van der Waals surface area contributed by atoms with Gasteiger partial charge in [0.2, 0.25) is 0 Å². The number of rotatable bonds is 7. The van der Waals surface area contributed by atoms with Crippen molar-refractivity contribution in [2.24, 2.45) is 0 Å². The molecule has 0 amide bonds. The molecule has 0 spiro atoms. The van der Waals surface area contributed by atoms with Gasteiger partial charge in [0.15, 0.2) is 0 Å². The Bertz CT molecular complexity index is 1290. The highest BCUT2D eigenvalue weighted by Crippen LogP contribution is 2.44. The maximum Gasteiger partial charge on any atom is 0.119 e. The van der Waals surface area contributed by atoms with Gasteiger partial charge >= 0.3 is 0 Å². The SMILES string of the molecule is C=C(c1ccc(OCCN2CCCCC2)cc1)c1c(-c2ccc(O)cc2)sc2cc(O)ccc12. The summed E-state index contributed by atoms with van der Waals surface area (Å²) in [5.41, 5.74) is 3.99. The van der Waals surface area contributed by atoms with E-state index in [1.165, 1.54) is 32.4 Å². The summed E-state index contributed by atoms with van der Waals surface area (Å²) in [6.45, 7) is 8.47. The van der Waals surface area contributed by atoms with E-state index in [4.69, 9.17) is 4.74 Å². The van der Waals surface area contributed by atoms with Crippen LogP contribution in [0.15, 0.2) is 73.3 Å². The Kier molecular flexibility index (Phi) is 6.57. The van der Waals surface area contributed by atoms with Gasteiger partial charge in [0.1, 0.15) is 23.9 Å². The van der Waals surface area contributed by atoms with Gasteiger partial charge in [-0.1, -0.05) is 25.1 Å². The van der Waals surface area contributed by atoms with Crippen molar-refractivity contribution in [3.8, 4) is 27.7 Å². The summed E-state index contributed by atoms with van der Waals surface area (Å²) in [4.78, 5) is 3.54. The lowest BCUT2D eigenvalue weighted by molar-refractivity contribution is 0.183. The van der Waals surface area contributed by atoms with E-state index in [1.54, 1.807) is 35.6 Å². The predicted molar refractivity (Wildman–Crippen MR) is 141 cm³/mol. The average molecular weight is 472 g/mol. The van der Waals surface area contributed by atoms with Crippen LogP contribution in [0, 0.1) is 0 Å². The summed E-state index contributed by atoms with van der Waals surface area (Å²) in [6, 6.07) is 20.8. The Morgan fingerprint density at radius 3 is 2.32 bits per heavy atom. The topological polar surface area (TPSA) is 52.9 Å². The van der Waals surface area contributed by atoms with Crippen molar-refractivity contribution in [3.05, 3.63) is 84.4 Å². The molecule has 1 aromatic heterocycles. The Labute approximate surface area is 204 Å². The third-order valence-corrected chi connectivity index (χ3v) is 7.63. The fourth-order valence-electron chi connectivity index (χ4n) is 4.57. The standard InChI is InChI=1S/C29H29NO3S/c1-20(21-7-12-25(13-8-21)33-18-17-30-15-3-2-4-16-30)28-26-14-11-24(32)19-27(26)34-29(28)22-5-9-23(31)10-6-22/h5-14,19,31-32H,1-4,15-18H2. The van der Waals surface area contributed by atoms with Crippen molar-refractivity contribution >= 4 is 27.0 Å². The molecule has 5 heteroatoms. The second kappa shape index (κ2) is 9.92. The van der Waals surface area contributed by atoms with Crippen LogP contribution in [-0.2, 0) is 0 Å². The van der Waals surface area contributed by atoms with Crippen molar-refractivity contribution in [1.29, 1.82) is 0 Å². The van der Waals surface area contributed by atoms with Crippen molar-refractivity contribution < 1.29 is 14.9 Å². The van der Waals surface area contributed by atoms with E-state index < -0.39 is 0 Å². The van der Waals surface area contributed by atoms with Gasteiger partial charge in [-0.25, -0.2) is 0 Å². The Hall–Kier alpha value is -3.28. The molecule has 4 aromatic rings. The van der Waals surface area contributed by atoms with E-state index in [0.29, 0.717) is 6.61 Å². The molecule has 0 bridgehead atoms. The van der Waals surface area contributed by atoms with Crippen LogP contribution in [0.4, 0.5) is 0 Å². The van der Waals surface area contributed by atoms with E-state index >= 15 is 0 Å². The molecule has 0 unspecified atom stereocenters. The fourth-order valence-corrected chi connectivity index (χ4v) is 5.84. The van der Waals surface area contributed by atoms with E-state index in [-0.39, 0.29) is 11.5 Å². The zero-order valence-corrected chi connectivity index (χ0v) is 20.0. The highest BCUT2D eigenvalue weighted by atomic mass is 32.1. The molecule has 174 valence electrons. The van der Waals surface area contributed by atoms with Crippen LogP contribution in [0.25, 0.3) is 26.1 Å². The third kappa shape index (κ3) is 4.81. The van der Waals surface area contributed by atoms with Gasteiger partial charge in [0.05, 0.1) is 0 Å². The summed E-state index contributed by atoms with van der Waals surface area (Å²) in [5.74, 6) is 1.35. The smallest absolute Gasteiger partial charge is 0.119 e. The molecule has 2 heterocycles. The van der Waals surface area contributed by atoms with Gasteiger partial charge in [0, 0.05) is 27.1 Å². The number of piperidine rings is 1. The Balaban J connectivity index is 1.39. The molecule has 1 aliphatic rings. The minimum Gasteiger partial charge on any atom is -0.508 e. The molecule has 5 rings (SSSR count). The number of ether oxygens (including phenoxy) is 1. The van der Waals surface area contributed by atoms with Gasteiger partial charge < -0.3 is 14.9 Å². The second-order valence-electron chi connectivity index (χ2n) is 8.79. The van der Waals surface area contributed by atoms with Crippen molar-refractivity contribution in [3.63, 3.8) is 0 Å². The first kappa shape index (κ1) is 22.5. The van der Waals surface area contributed by atoms with Gasteiger partial charge in [-0.15, -0.1) is 11.3 Å². The van der Waals surface area contributed by atoms with E-state index in [9.17, 15) is 10.2 Å². The molecule has 2 N–H and O–H groups in total. The zero-order valence-electron chi connectivity index (χ0n) is 19.2. The first-order valence-corrected chi connectivity index (χ1v) is 12.6.